The highest BCUT2D eigenvalue weighted by molar-refractivity contribution is 5.80. The number of nitrogens with zero attached hydrogens (tertiary/aromatic N) is 1. The van der Waals surface area contributed by atoms with Crippen LogP contribution in [0.2, 0.25) is 0 Å². The van der Waals surface area contributed by atoms with Crippen LogP contribution in [0.1, 0.15) is 20.3 Å². The average molecular weight is 202 g/mol. The summed E-state index contributed by atoms with van der Waals surface area (Å²) >= 11 is 0. The lowest BCUT2D eigenvalue weighted by molar-refractivity contribution is -0.141. The zero-order valence-corrected chi connectivity index (χ0v) is 9.00. The largest absolute Gasteiger partial charge is 0.465 e. The second-order valence-corrected chi connectivity index (χ2v) is 2.89. The van der Waals surface area contributed by atoms with Crippen molar-refractivity contribution in [1.82, 2.24) is 10.2 Å². The Bertz CT molecular complexity index is 194. The molecule has 2 amide bonds. The third-order valence-electron chi connectivity index (χ3n) is 1.59. The van der Waals surface area contributed by atoms with Crippen LogP contribution in [0.25, 0.3) is 0 Å². The molecule has 5 nitrogen and oxygen atoms in total. The fraction of sp³-hybridized carbons (Fsp3) is 0.778. The summed E-state index contributed by atoms with van der Waals surface area (Å²) in [6, 6.07) is -0.250. The molecule has 0 bridgehead atoms. The van der Waals surface area contributed by atoms with E-state index in [4.69, 9.17) is 0 Å². The van der Waals surface area contributed by atoms with Crippen LogP contribution < -0.4 is 5.32 Å². The molecular weight excluding hydrogens is 184 g/mol. The Morgan fingerprint density at radius 3 is 2.50 bits per heavy atom. The number of nitrogens with one attached hydrogen (secondary N) is 1. The van der Waals surface area contributed by atoms with E-state index in [2.05, 4.69) is 10.1 Å². The molecule has 0 rings (SSSR count). The minimum atomic E-state index is -0.411. The lowest BCUT2D eigenvalue weighted by atomic mass is 10.4. The van der Waals surface area contributed by atoms with E-state index in [-0.39, 0.29) is 12.6 Å². The van der Waals surface area contributed by atoms with E-state index in [9.17, 15) is 9.59 Å². The molecule has 0 saturated heterocycles. The fourth-order valence-corrected chi connectivity index (χ4v) is 0.932. The first kappa shape index (κ1) is 12.7. The van der Waals surface area contributed by atoms with E-state index < -0.39 is 5.97 Å². The summed E-state index contributed by atoms with van der Waals surface area (Å²) in [6.07, 6.45) is 0.892. The Hall–Kier alpha value is -1.26. The van der Waals surface area contributed by atoms with Gasteiger partial charge < -0.3 is 15.0 Å². The molecule has 1 N–H and O–H groups in total. The molecule has 0 fully saturated rings. The maximum Gasteiger partial charge on any atom is 0.325 e. The van der Waals surface area contributed by atoms with Crippen molar-refractivity contribution in [2.24, 2.45) is 0 Å². The molecule has 0 saturated carbocycles. The van der Waals surface area contributed by atoms with Crippen LogP contribution in [0.15, 0.2) is 0 Å². The van der Waals surface area contributed by atoms with Crippen LogP contribution in [0.4, 0.5) is 4.79 Å². The van der Waals surface area contributed by atoms with E-state index in [0.717, 1.165) is 6.42 Å². The molecule has 82 valence electrons. The van der Waals surface area contributed by atoms with Crippen molar-refractivity contribution in [1.29, 1.82) is 0 Å². The summed E-state index contributed by atoms with van der Waals surface area (Å²) in [4.78, 5) is 23.6. The quantitative estimate of drug-likeness (QED) is 0.664. The van der Waals surface area contributed by atoms with Crippen LogP contribution >= 0.6 is 0 Å². The van der Waals surface area contributed by atoms with E-state index in [1.807, 2.05) is 6.92 Å². The molecule has 0 unspecified atom stereocenters. The number of urea groups is 1. The van der Waals surface area contributed by atoms with Gasteiger partial charge in [-0.25, -0.2) is 4.79 Å². The number of carbonyl (C=O) groups is 2. The molecule has 0 radical (unpaired) electrons. The lowest BCUT2D eigenvalue weighted by Gasteiger charge is -2.16. The lowest BCUT2D eigenvalue weighted by Crippen LogP contribution is -2.40. The minimum Gasteiger partial charge on any atom is -0.465 e. The number of amides is 2. The summed E-state index contributed by atoms with van der Waals surface area (Å²) in [7, 11) is 1.68. The highest BCUT2D eigenvalue weighted by Gasteiger charge is 2.08. The van der Waals surface area contributed by atoms with Gasteiger partial charge >= 0.3 is 12.0 Å². The topological polar surface area (TPSA) is 58.6 Å². The number of hydrogen-bond donors (Lipinski definition) is 1. The van der Waals surface area contributed by atoms with Gasteiger partial charge in [0.2, 0.25) is 0 Å². The first-order chi connectivity index (χ1) is 6.61. The van der Waals surface area contributed by atoms with Gasteiger partial charge in [-0.15, -0.1) is 0 Å². The molecule has 0 atom stereocenters. The molecule has 0 aromatic carbocycles. The summed E-state index contributed by atoms with van der Waals surface area (Å²) in [5, 5.41) is 2.46. The predicted octanol–water partition coefficient (Wildman–Crippen LogP) is 0.601. The van der Waals surface area contributed by atoms with Gasteiger partial charge in [0.15, 0.2) is 0 Å². The second-order valence-electron chi connectivity index (χ2n) is 2.89. The molecule has 0 aromatic rings. The summed E-state index contributed by atoms with van der Waals surface area (Å²) in [6.45, 7) is 4.65. The third-order valence-corrected chi connectivity index (χ3v) is 1.59. The van der Waals surface area contributed by atoms with Crippen molar-refractivity contribution in [3.63, 3.8) is 0 Å². The average Bonchev–Trinajstić information content (AvgIpc) is 2.15. The van der Waals surface area contributed by atoms with Crippen molar-refractivity contribution < 1.29 is 14.3 Å². The number of hydrogen-bond acceptors (Lipinski definition) is 3. The molecule has 0 aliphatic carbocycles. The highest BCUT2D eigenvalue weighted by Crippen LogP contribution is 1.87. The standard InChI is InChI=1S/C9H18N2O3/c1-4-6-11(3)9(13)10-7-8(12)14-5-2/h4-7H2,1-3H3,(H,10,13). The number of rotatable bonds is 5. The monoisotopic (exact) mass is 202 g/mol. The fourth-order valence-electron chi connectivity index (χ4n) is 0.932. The second kappa shape index (κ2) is 7.17. The first-order valence-electron chi connectivity index (χ1n) is 4.76. The van der Waals surface area contributed by atoms with Gasteiger partial charge in [0.25, 0.3) is 0 Å². The first-order valence-corrected chi connectivity index (χ1v) is 4.76. The van der Waals surface area contributed by atoms with Gasteiger partial charge in [-0.2, -0.15) is 0 Å². The van der Waals surface area contributed by atoms with E-state index in [0.29, 0.717) is 13.2 Å². The van der Waals surface area contributed by atoms with E-state index in [1.54, 1.807) is 14.0 Å². The van der Waals surface area contributed by atoms with Crippen LogP contribution in [0.5, 0.6) is 0 Å². The zero-order chi connectivity index (χ0) is 11.0. The Balaban J connectivity index is 3.67. The predicted molar refractivity (Wildman–Crippen MR) is 53.0 cm³/mol. The molecular formula is C9H18N2O3. The Morgan fingerprint density at radius 2 is 2.00 bits per heavy atom. The summed E-state index contributed by atoms with van der Waals surface area (Å²) < 4.78 is 4.66. The van der Waals surface area contributed by atoms with Crippen LogP contribution in [-0.4, -0.2) is 43.6 Å². The van der Waals surface area contributed by atoms with Gasteiger partial charge in [0, 0.05) is 13.6 Å². The van der Waals surface area contributed by atoms with Crippen LogP contribution in [0, 0.1) is 0 Å². The van der Waals surface area contributed by atoms with Crippen LogP contribution in [0.3, 0.4) is 0 Å². The smallest absolute Gasteiger partial charge is 0.325 e. The Labute approximate surface area is 84.4 Å². The maximum absolute atomic E-state index is 11.2. The van der Waals surface area contributed by atoms with Gasteiger partial charge in [-0.05, 0) is 13.3 Å². The van der Waals surface area contributed by atoms with Gasteiger partial charge in [-0.1, -0.05) is 6.92 Å². The van der Waals surface area contributed by atoms with Crippen molar-refractivity contribution in [2.45, 2.75) is 20.3 Å². The Kier molecular flexibility index (Phi) is 6.53. The normalized spacial score (nSPS) is 9.36. The zero-order valence-electron chi connectivity index (χ0n) is 9.00. The maximum atomic E-state index is 11.2. The number of esters is 1. The molecule has 0 heterocycles. The molecule has 5 heteroatoms. The minimum absolute atomic E-state index is 0.0687. The third kappa shape index (κ3) is 5.40. The van der Waals surface area contributed by atoms with E-state index in [1.165, 1.54) is 4.90 Å². The van der Waals surface area contributed by atoms with Crippen molar-refractivity contribution in [2.75, 3.05) is 26.7 Å². The summed E-state index contributed by atoms with van der Waals surface area (Å²) in [5.41, 5.74) is 0. The molecule has 0 aromatic heterocycles. The molecule has 0 spiro atoms. The van der Waals surface area contributed by atoms with Gasteiger partial charge in [-0.3, -0.25) is 4.79 Å². The highest BCUT2D eigenvalue weighted by atomic mass is 16.5. The number of carbonyl (C=O) groups excluding carboxylic acids is 2. The van der Waals surface area contributed by atoms with Crippen molar-refractivity contribution in [3.8, 4) is 0 Å². The van der Waals surface area contributed by atoms with Gasteiger partial charge in [0.1, 0.15) is 6.54 Å². The SMILES string of the molecule is CCCN(C)C(=O)NCC(=O)OCC. The van der Waals surface area contributed by atoms with Crippen LogP contribution in [-0.2, 0) is 9.53 Å². The van der Waals surface area contributed by atoms with Crippen molar-refractivity contribution >= 4 is 12.0 Å². The Morgan fingerprint density at radius 1 is 1.36 bits per heavy atom. The van der Waals surface area contributed by atoms with Gasteiger partial charge in [0.05, 0.1) is 6.61 Å². The number of ether oxygens (including phenoxy) is 1. The van der Waals surface area contributed by atoms with E-state index >= 15 is 0 Å². The molecule has 0 aliphatic rings. The molecule has 14 heavy (non-hydrogen) atoms. The van der Waals surface area contributed by atoms with Crippen molar-refractivity contribution in [3.05, 3.63) is 0 Å². The summed E-state index contributed by atoms with van der Waals surface area (Å²) in [5.74, 6) is -0.411. The molecule has 0 aliphatic heterocycles.